The maximum Gasteiger partial charge on any atom is 0.337 e. The predicted octanol–water partition coefficient (Wildman–Crippen LogP) is 4.95. The minimum Gasteiger partial charge on any atom is -0.493 e. The number of aromatic nitrogens is 1. The first kappa shape index (κ1) is 20.3. The first-order valence-electron chi connectivity index (χ1n) is 9.37. The molecule has 150 valence electrons. The molecule has 0 saturated carbocycles. The quantitative estimate of drug-likeness (QED) is 0.658. The lowest BCUT2D eigenvalue weighted by atomic mass is 9.97. The van der Waals surface area contributed by atoms with Gasteiger partial charge in [0, 0.05) is 13.2 Å². The van der Waals surface area contributed by atoms with Crippen LogP contribution in [0.3, 0.4) is 0 Å². The smallest absolute Gasteiger partial charge is 0.337 e. The van der Waals surface area contributed by atoms with Gasteiger partial charge in [0.15, 0.2) is 0 Å². The zero-order valence-corrected chi connectivity index (χ0v) is 16.4. The minimum atomic E-state index is -0.947. The lowest BCUT2D eigenvalue weighted by Gasteiger charge is -2.18. The van der Waals surface area contributed by atoms with Crippen LogP contribution in [0, 0.1) is 12.7 Å². The number of hydrogen-bond acceptors (Lipinski definition) is 4. The van der Waals surface area contributed by atoms with Crippen molar-refractivity contribution >= 4 is 11.7 Å². The van der Waals surface area contributed by atoms with Crippen LogP contribution in [0.5, 0.6) is 5.75 Å². The molecule has 2 aromatic carbocycles. The van der Waals surface area contributed by atoms with Crippen molar-refractivity contribution in [3.05, 3.63) is 77.4 Å². The summed E-state index contributed by atoms with van der Waals surface area (Å²) in [5.41, 5.74) is 5.05. The van der Waals surface area contributed by atoms with E-state index >= 15 is 0 Å². The second-order valence-corrected chi connectivity index (χ2v) is 6.71. The number of aromatic carboxylic acids is 1. The third-order valence-electron chi connectivity index (χ3n) is 4.75. The van der Waals surface area contributed by atoms with Gasteiger partial charge in [-0.1, -0.05) is 18.2 Å². The van der Waals surface area contributed by atoms with Crippen molar-refractivity contribution in [3.8, 4) is 16.9 Å². The fraction of sp³-hybridized carbons (Fsp3) is 0.217. The maximum absolute atomic E-state index is 13.3. The molecular formula is C23H23FN2O3. The van der Waals surface area contributed by atoms with Crippen molar-refractivity contribution in [2.24, 2.45) is 0 Å². The van der Waals surface area contributed by atoms with Crippen LogP contribution in [0.15, 0.2) is 54.9 Å². The molecule has 0 fully saturated rings. The van der Waals surface area contributed by atoms with Crippen molar-refractivity contribution < 1.29 is 19.0 Å². The highest BCUT2D eigenvalue weighted by Gasteiger charge is 2.12. The first-order valence-corrected chi connectivity index (χ1v) is 9.37. The summed E-state index contributed by atoms with van der Waals surface area (Å²) < 4.78 is 19.0. The van der Waals surface area contributed by atoms with Crippen LogP contribution in [-0.4, -0.2) is 29.7 Å². The average Bonchev–Trinajstić information content (AvgIpc) is 2.75. The zero-order valence-electron chi connectivity index (χ0n) is 16.4. The Morgan fingerprint density at radius 3 is 2.76 bits per heavy atom. The van der Waals surface area contributed by atoms with E-state index in [1.54, 1.807) is 13.1 Å². The van der Waals surface area contributed by atoms with Crippen molar-refractivity contribution in [2.45, 2.75) is 19.8 Å². The predicted molar refractivity (Wildman–Crippen MR) is 111 cm³/mol. The van der Waals surface area contributed by atoms with E-state index in [0.717, 1.165) is 41.9 Å². The molecule has 1 aliphatic heterocycles. The van der Waals surface area contributed by atoms with Crippen LogP contribution >= 0.6 is 0 Å². The monoisotopic (exact) mass is 394 g/mol. The number of benzene rings is 2. The van der Waals surface area contributed by atoms with Gasteiger partial charge in [0.25, 0.3) is 0 Å². The van der Waals surface area contributed by atoms with Gasteiger partial charge in [-0.05, 0) is 66.3 Å². The SMILES string of the molecule is CNc1cnccc1C(=O)O.Cc1ccc(F)cc1-c1ccc2c(c1)OCCC2. The molecule has 6 heteroatoms. The lowest BCUT2D eigenvalue weighted by Crippen LogP contribution is -2.08. The van der Waals surface area contributed by atoms with Gasteiger partial charge in [-0.25, -0.2) is 9.18 Å². The Morgan fingerprint density at radius 2 is 2.03 bits per heavy atom. The van der Waals surface area contributed by atoms with E-state index in [1.807, 2.05) is 19.1 Å². The molecule has 1 aliphatic rings. The Kier molecular flexibility index (Phi) is 6.44. The Bertz CT molecular complexity index is 1020. The van der Waals surface area contributed by atoms with Gasteiger partial charge in [0.05, 0.1) is 24.1 Å². The van der Waals surface area contributed by atoms with Crippen LogP contribution in [0.4, 0.5) is 10.1 Å². The molecule has 2 N–H and O–H groups in total. The molecule has 1 aromatic heterocycles. The second kappa shape index (κ2) is 9.19. The number of nitrogens with one attached hydrogen (secondary N) is 1. The summed E-state index contributed by atoms with van der Waals surface area (Å²) in [4.78, 5) is 14.3. The molecule has 4 rings (SSSR count). The van der Waals surface area contributed by atoms with Gasteiger partial charge in [0.2, 0.25) is 0 Å². The molecule has 0 saturated heterocycles. The van der Waals surface area contributed by atoms with E-state index in [1.165, 1.54) is 30.1 Å². The van der Waals surface area contributed by atoms with Gasteiger partial charge < -0.3 is 15.2 Å². The van der Waals surface area contributed by atoms with Crippen LogP contribution in [0.2, 0.25) is 0 Å². The highest BCUT2D eigenvalue weighted by Crippen LogP contribution is 2.32. The molecule has 3 aromatic rings. The number of anilines is 1. The Balaban J connectivity index is 0.000000188. The molecular weight excluding hydrogens is 371 g/mol. The summed E-state index contributed by atoms with van der Waals surface area (Å²) >= 11 is 0. The molecule has 0 bridgehead atoms. The number of aryl methyl sites for hydroxylation is 2. The molecule has 0 aliphatic carbocycles. The summed E-state index contributed by atoms with van der Waals surface area (Å²) in [6.45, 7) is 2.77. The van der Waals surface area contributed by atoms with E-state index in [-0.39, 0.29) is 11.4 Å². The summed E-state index contributed by atoms with van der Waals surface area (Å²) in [5.74, 6) is -0.201. The maximum atomic E-state index is 13.3. The fourth-order valence-corrected chi connectivity index (χ4v) is 3.19. The summed E-state index contributed by atoms with van der Waals surface area (Å²) in [6.07, 6.45) is 5.07. The topological polar surface area (TPSA) is 71.5 Å². The highest BCUT2D eigenvalue weighted by atomic mass is 19.1. The van der Waals surface area contributed by atoms with E-state index in [9.17, 15) is 9.18 Å². The minimum absolute atomic E-state index is 0.200. The Hall–Kier alpha value is -3.41. The van der Waals surface area contributed by atoms with Crippen molar-refractivity contribution in [2.75, 3.05) is 19.0 Å². The number of nitrogens with zero attached hydrogens (tertiary/aromatic N) is 1. The molecule has 2 heterocycles. The van der Waals surface area contributed by atoms with Crippen LogP contribution in [0.1, 0.15) is 27.9 Å². The largest absolute Gasteiger partial charge is 0.493 e. The van der Waals surface area contributed by atoms with E-state index in [4.69, 9.17) is 9.84 Å². The summed E-state index contributed by atoms with van der Waals surface area (Å²) in [6, 6.07) is 12.5. The van der Waals surface area contributed by atoms with Gasteiger partial charge in [-0.2, -0.15) is 0 Å². The number of rotatable bonds is 3. The zero-order chi connectivity index (χ0) is 20.8. The van der Waals surface area contributed by atoms with Gasteiger partial charge in [-0.3, -0.25) is 4.98 Å². The van der Waals surface area contributed by atoms with Gasteiger partial charge in [0.1, 0.15) is 11.6 Å². The van der Waals surface area contributed by atoms with E-state index in [2.05, 4.69) is 22.4 Å². The van der Waals surface area contributed by atoms with E-state index < -0.39 is 5.97 Å². The summed E-state index contributed by atoms with van der Waals surface area (Å²) in [5, 5.41) is 11.4. The first-order chi connectivity index (χ1) is 14.0. The van der Waals surface area contributed by atoms with Crippen LogP contribution in [0.25, 0.3) is 11.1 Å². The molecule has 0 unspecified atom stereocenters. The van der Waals surface area contributed by atoms with Crippen LogP contribution < -0.4 is 10.1 Å². The Labute approximate surface area is 169 Å². The number of ether oxygens (including phenoxy) is 1. The standard InChI is InChI=1S/C16H15FO.C7H8N2O2/c1-11-4-7-14(17)10-15(11)13-6-5-12-3-2-8-18-16(12)9-13;1-8-6-4-9-3-2-5(6)7(10)11/h4-7,9-10H,2-3,8H2,1H3;2-4,8H,1H3,(H,10,11). The number of hydrogen-bond donors (Lipinski definition) is 2. The van der Waals surface area contributed by atoms with Crippen molar-refractivity contribution in [1.29, 1.82) is 0 Å². The number of fused-ring (bicyclic) bond motifs is 1. The molecule has 29 heavy (non-hydrogen) atoms. The molecule has 5 nitrogen and oxygen atoms in total. The molecule has 0 spiro atoms. The third-order valence-corrected chi connectivity index (χ3v) is 4.75. The number of carboxylic acids is 1. The van der Waals surface area contributed by atoms with Gasteiger partial charge >= 0.3 is 5.97 Å². The van der Waals surface area contributed by atoms with E-state index in [0.29, 0.717) is 5.69 Å². The molecule has 0 atom stereocenters. The average molecular weight is 394 g/mol. The van der Waals surface area contributed by atoms with Gasteiger partial charge in [-0.15, -0.1) is 0 Å². The number of carboxylic acid groups (broad SMARTS) is 1. The number of pyridine rings is 1. The number of halogens is 1. The second-order valence-electron chi connectivity index (χ2n) is 6.71. The normalized spacial score (nSPS) is 12.1. The number of carbonyl (C=O) groups is 1. The Morgan fingerprint density at radius 1 is 1.21 bits per heavy atom. The fourth-order valence-electron chi connectivity index (χ4n) is 3.19. The van der Waals surface area contributed by atoms with Crippen molar-refractivity contribution in [3.63, 3.8) is 0 Å². The lowest BCUT2D eigenvalue weighted by molar-refractivity contribution is 0.0698. The summed E-state index contributed by atoms with van der Waals surface area (Å²) in [7, 11) is 1.66. The van der Waals surface area contributed by atoms with Crippen LogP contribution in [-0.2, 0) is 6.42 Å². The molecule has 0 amide bonds. The van der Waals surface area contributed by atoms with Crippen molar-refractivity contribution in [1.82, 2.24) is 4.98 Å². The molecule has 0 radical (unpaired) electrons. The highest BCUT2D eigenvalue weighted by molar-refractivity contribution is 5.93. The third kappa shape index (κ3) is 4.90.